The molecule has 0 aliphatic heterocycles. The Hall–Kier alpha value is -1.40. The lowest BCUT2D eigenvalue weighted by Crippen LogP contribution is -2.44. The second-order valence-corrected chi connectivity index (χ2v) is 5.03. The van der Waals surface area contributed by atoms with Gasteiger partial charge >= 0.3 is 0 Å². The van der Waals surface area contributed by atoms with E-state index in [0.717, 1.165) is 38.0 Å². The van der Waals surface area contributed by atoms with E-state index < -0.39 is 0 Å². The number of pyridine rings is 1. The predicted molar refractivity (Wildman–Crippen MR) is 88.1 cm³/mol. The number of thiocarbonyl (C=S) groups is 1. The molecule has 1 aromatic rings. The average Bonchev–Trinajstić information content (AvgIpc) is 2.41. The van der Waals surface area contributed by atoms with Gasteiger partial charge in [-0.15, -0.1) is 0 Å². The number of hydrogen-bond donors (Lipinski definition) is 3. The van der Waals surface area contributed by atoms with E-state index in [-0.39, 0.29) is 5.11 Å². The summed E-state index contributed by atoms with van der Waals surface area (Å²) in [6.45, 7) is 3.53. The van der Waals surface area contributed by atoms with Crippen molar-refractivity contribution in [2.24, 2.45) is 10.7 Å². The lowest BCUT2D eigenvalue weighted by atomic mass is 10.2. The summed E-state index contributed by atoms with van der Waals surface area (Å²) in [6, 6.07) is 3.67. The Morgan fingerprint density at radius 1 is 1.55 bits per heavy atom. The van der Waals surface area contributed by atoms with Crippen LogP contribution in [0.25, 0.3) is 0 Å². The van der Waals surface area contributed by atoms with E-state index in [1.807, 2.05) is 12.1 Å². The third kappa shape index (κ3) is 6.68. The quantitative estimate of drug-likeness (QED) is 0.323. The molecule has 0 aliphatic carbocycles. The average molecular weight is 314 g/mol. The molecule has 0 spiro atoms. The maximum absolute atomic E-state index is 6.05. The number of rotatable bonds is 6. The monoisotopic (exact) mass is 313 g/mol. The van der Waals surface area contributed by atoms with Gasteiger partial charge in [0.25, 0.3) is 0 Å². The Balaban J connectivity index is 2.37. The van der Waals surface area contributed by atoms with Gasteiger partial charge in [-0.05, 0) is 43.6 Å². The molecule has 1 heterocycles. The van der Waals surface area contributed by atoms with Gasteiger partial charge in [0.2, 0.25) is 0 Å². The highest BCUT2D eigenvalue weighted by Gasteiger charge is 2.02. The van der Waals surface area contributed by atoms with Gasteiger partial charge in [0.05, 0.1) is 10.7 Å². The molecule has 1 rings (SSSR count). The summed E-state index contributed by atoms with van der Waals surface area (Å²) in [5.41, 5.74) is 6.36. The molecule has 0 saturated carbocycles. The van der Waals surface area contributed by atoms with Crippen LogP contribution < -0.4 is 16.4 Å². The molecule has 7 heteroatoms. The Morgan fingerprint density at radius 3 is 3.00 bits per heavy atom. The minimum absolute atomic E-state index is 0.208. The standard InChI is InChI=1S/C13H20ClN5S/c1-2-7-17-13(19-12(15)20)18-9-4-6-11-10(14)5-3-8-16-11/h3,5,8H,2,4,6-7,9H2,1H3,(H4,15,17,18,19,20). The van der Waals surface area contributed by atoms with E-state index >= 15 is 0 Å². The fourth-order valence-corrected chi connectivity index (χ4v) is 1.86. The van der Waals surface area contributed by atoms with Crippen molar-refractivity contribution in [3.05, 3.63) is 29.0 Å². The lowest BCUT2D eigenvalue weighted by molar-refractivity contribution is 0.746. The van der Waals surface area contributed by atoms with Gasteiger partial charge < -0.3 is 16.4 Å². The molecule has 0 bridgehead atoms. The van der Waals surface area contributed by atoms with Crippen LogP contribution in [0.5, 0.6) is 0 Å². The van der Waals surface area contributed by atoms with E-state index in [0.29, 0.717) is 11.0 Å². The first-order valence-electron chi connectivity index (χ1n) is 6.57. The van der Waals surface area contributed by atoms with E-state index in [4.69, 9.17) is 29.6 Å². The van der Waals surface area contributed by atoms with Gasteiger partial charge in [-0.1, -0.05) is 18.5 Å². The summed E-state index contributed by atoms with van der Waals surface area (Å²) in [7, 11) is 0. The van der Waals surface area contributed by atoms with Crippen molar-refractivity contribution in [1.29, 1.82) is 0 Å². The van der Waals surface area contributed by atoms with Crippen LogP contribution in [0.2, 0.25) is 5.02 Å². The molecule has 0 aromatic carbocycles. The summed E-state index contributed by atoms with van der Waals surface area (Å²) in [5, 5.41) is 6.92. The van der Waals surface area contributed by atoms with Crippen molar-refractivity contribution in [2.45, 2.75) is 26.2 Å². The van der Waals surface area contributed by atoms with Crippen molar-refractivity contribution in [2.75, 3.05) is 13.1 Å². The summed E-state index contributed by atoms with van der Waals surface area (Å²) in [5.74, 6) is 0.617. The van der Waals surface area contributed by atoms with Gasteiger partial charge in [-0.2, -0.15) is 0 Å². The van der Waals surface area contributed by atoms with Crippen molar-refractivity contribution in [3.63, 3.8) is 0 Å². The van der Waals surface area contributed by atoms with Crippen molar-refractivity contribution in [3.8, 4) is 0 Å². The molecule has 0 fully saturated rings. The number of hydrogen-bond acceptors (Lipinski definition) is 3. The smallest absolute Gasteiger partial charge is 0.197 e. The first-order chi connectivity index (χ1) is 9.63. The largest absolute Gasteiger partial charge is 0.376 e. The number of nitrogens with zero attached hydrogens (tertiary/aromatic N) is 2. The third-order valence-electron chi connectivity index (χ3n) is 2.45. The highest BCUT2D eigenvalue weighted by molar-refractivity contribution is 7.80. The van der Waals surface area contributed by atoms with Gasteiger partial charge in [-0.25, -0.2) is 0 Å². The van der Waals surface area contributed by atoms with Gasteiger partial charge in [0.15, 0.2) is 11.1 Å². The predicted octanol–water partition coefficient (Wildman–Crippen LogP) is 1.86. The van der Waals surface area contributed by atoms with E-state index in [1.165, 1.54) is 0 Å². The van der Waals surface area contributed by atoms with E-state index in [1.54, 1.807) is 6.20 Å². The molecule has 0 radical (unpaired) electrons. The minimum Gasteiger partial charge on any atom is -0.376 e. The molecular formula is C13H20ClN5S. The highest BCUT2D eigenvalue weighted by Crippen LogP contribution is 2.13. The first kappa shape index (κ1) is 16.7. The number of nitrogens with one attached hydrogen (secondary N) is 2. The molecule has 0 aliphatic rings. The summed E-state index contributed by atoms with van der Waals surface area (Å²) < 4.78 is 0. The maximum atomic E-state index is 6.05. The Morgan fingerprint density at radius 2 is 2.35 bits per heavy atom. The molecule has 4 N–H and O–H groups in total. The minimum atomic E-state index is 0.208. The number of guanidine groups is 1. The second kappa shape index (κ2) is 9.50. The molecule has 1 aromatic heterocycles. The van der Waals surface area contributed by atoms with E-state index in [2.05, 4.69) is 27.5 Å². The summed E-state index contributed by atoms with van der Waals surface area (Å²) in [6.07, 6.45) is 4.41. The fraction of sp³-hybridized carbons (Fsp3) is 0.462. The maximum Gasteiger partial charge on any atom is 0.197 e. The SMILES string of the molecule is CCCN=C(NCCCc1ncccc1Cl)NC(N)=S. The number of aliphatic imine (C=N–C) groups is 1. The molecule has 0 atom stereocenters. The van der Waals surface area contributed by atoms with Crippen LogP contribution >= 0.6 is 23.8 Å². The van der Waals surface area contributed by atoms with Gasteiger partial charge in [-0.3, -0.25) is 9.98 Å². The second-order valence-electron chi connectivity index (χ2n) is 4.18. The Kier molecular flexibility index (Phi) is 7.91. The van der Waals surface area contributed by atoms with Crippen molar-refractivity contribution >= 4 is 34.9 Å². The van der Waals surface area contributed by atoms with E-state index in [9.17, 15) is 0 Å². The van der Waals surface area contributed by atoms with Crippen LogP contribution in [0.15, 0.2) is 23.3 Å². The molecule has 0 unspecified atom stereocenters. The van der Waals surface area contributed by atoms with Crippen molar-refractivity contribution < 1.29 is 0 Å². The number of halogens is 1. The number of nitrogens with two attached hydrogens (primary N) is 1. The number of aryl methyl sites for hydroxylation is 1. The Labute approximate surface area is 130 Å². The van der Waals surface area contributed by atoms with Gasteiger partial charge in [0.1, 0.15) is 0 Å². The zero-order valence-corrected chi connectivity index (χ0v) is 13.1. The number of aromatic nitrogens is 1. The molecule has 0 saturated heterocycles. The van der Waals surface area contributed by atoms with Gasteiger partial charge in [0, 0.05) is 19.3 Å². The zero-order valence-electron chi connectivity index (χ0n) is 11.5. The molecule has 0 amide bonds. The van der Waals surface area contributed by atoms with Crippen LogP contribution in [0.3, 0.4) is 0 Å². The molecular weight excluding hydrogens is 294 g/mol. The Bertz CT molecular complexity index is 464. The topological polar surface area (TPSA) is 75.3 Å². The van der Waals surface area contributed by atoms with Crippen LogP contribution in [0.1, 0.15) is 25.5 Å². The molecule has 20 heavy (non-hydrogen) atoms. The molecule has 5 nitrogen and oxygen atoms in total. The highest BCUT2D eigenvalue weighted by atomic mass is 35.5. The summed E-state index contributed by atoms with van der Waals surface area (Å²) >= 11 is 10.9. The fourth-order valence-electron chi connectivity index (χ4n) is 1.54. The summed E-state index contributed by atoms with van der Waals surface area (Å²) in [4.78, 5) is 8.58. The van der Waals surface area contributed by atoms with Crippen LogP contribution in [-0.4, -0.2) is 29.1 Å². The van der Waals surface area contributed by atoms with Crippen molar-refractivity contribution in [1.82, 2.24) is 15.6 Å². The normalized spacial score (nSPS) is 11.2. The third-order valence-corrected chi connectivity index (χ3v) is 2.90. The van der Waals surface area contributed by atoms with Crippen LogP contribution in [0.4, 0.5) is 0 Å². The lowest BCUT2D eigenvalue weighted by Gasteiger charge is -2.11. The van der Waals surface area contributed by atoms with Crippen LogP contribution in [0, 0.1) is 0 Å². The molecule has 110 valence electrons. The van der Waals surface area contributed by atoms with Crippen LogP contribution in [-0.2, 0) is 6.42 Å². The zero-order chi connectivity index (χ0) is 14.8. The first-order valence-corrected chi connectivity index (χ1v) is 7.36.